The van der Waals surface area contributed by atoms with E-state index >= 15 is 0 Å². The van der Waals surface area contributed by atoms with Gasteiger partial charge in [0.15, 0.2) is 0 Å². The smallest absolute Gasteiger partial charge is 0.0253 e. The van der Waals surface area contributed by atoms with Crippen molar-refractivity contribution in [3.8, 4) is 0 Å². The van der Waals surface area contributed by atoms with Crippen molar-refractivity contribution in [3.05, 3.63) is 70.3 Å². The zero-order chi connectivity index (χ0) is 19.3. The number of unbranched alkanes of at least 4 members (excludes halogenated alkanes) is 1. The third-order valence-corrected chi connectivity index (χ3v) is 3.90. The monoisotopic (exact) mass is 328 g/mol. The molecule has 0 nitrogen and oxygen atoms in total. The lowest BCUT2D eigenvalue weighted by atomic mass is 9.98. The molecule has 0 unspecified atom stereocenters. The molecule has 136 valence electrons. The third-order valence-electron chi connectivity index (χ3n) is 3.90. The van der Waals surface area contributed by atoms with Crippen molar-refractivity contribution in [2.45, 2.75) is 81.6 Å². The van der Waals surface area contributed by atoms with Gasteiger partial charge in [0.2, 0.25) is 0 Å². The summed E-state index contributed by atoms with van der Waals surface area (Å²) in [5, 5.41) is 0. The summed E-state index contributed by atoms with van der Waals surface area (Å²) < 4.78 is 0. The molecular formula is C24H40. The number of benzene rings is 1. The van der Waals surface area contributed by atoms with Crippen LogP contribution in [0.5, 0.6) is 0 Å². The highest BCUT2D eigenvalue weighted by molar-refractivity contribution is 5.41. The third kappa shape index (κ3) is 10.3. The Morgan fingerprint density at radius 2 is 1.25 bits per heavy atom. The highest BCUT2D eigenvalue weighted by Gasteiger charge is 1.99. The molecule has 0 saturated carbocycles. The predicted octanol–water partition coefficient (Wildman–Crippen LogP) is 8.07. The van der Waals surface area contributed by atoms with Crippen molar-refractivity contribution in [2.24, 2.45) is 0 Å². The molecule has 0 heteroatoms. The molecule has 0 aliphatic heterocycles. The van der Waals surface area contributed by atoms with E-state index in [0.717, 1.165) is 17.6 Å². The second kappa shape index (κ2) is 13.8. The molecule has 1 aromatic rings. The average molecular weight is 329 g/mol. The SMILES string of the molecule is C=C(C)C(=CC)C(=C)C.CCCC.CCc1c(C)cc(C)cc1C. The van der Waals surface area contributed by atoms with E-state index in [-0.39, 0.29) is 0 Å². The lowest BCUT2D eigenvalue weighted by Gasteiger charge is -2.08. The van der Waals surface area contributed by atoms with Gasteiger partial charge in [-0.2, -0.15) is 0 Å². The van der Waals surface area contributed by atoms with E-state index in [1.807, 2.05) is 26.8 Å². The predicted molar refractivity (Wildman–Crippen MR) is 114 cm³/mol. The van der Waals surface area contributed by atoms with Crippen LogP contribution in [0.1, 0.15) is 76.6 Å². The molecule has 1 rings (SSSR count). The van der Waals surface area contributed by atoms with Crippen molar-refractivity contribution in [1.82, 2.24) is 0 Å². The zero-order valence-electron chi connectivity index (χ0n) is 17.8. The van der Waals surface area contributed by atoms with Crippen LogP contribution in [-0.2, 0) is 6.42 Å². The first-order valence-electron chi connectivity index (χ1n) is 9.20. The summed E-state index contributed by atoms with van der Waals surface area (Å²) in [6.07, 6.45) is 5.82. The van der Waals surface area contributed by atoms with Crippen LogP contribution in [-0.4, -0.2) is 0 Å². The minimum absolute atomic E-state index is 1.09. The maximum absolute atomic E-state index is 3.82. The van der Waals surface area contributed by atoms with Gasteiger partial charge < -0.3 is 0 Å². The molecular weight excluding hydrogens is 288 g/mol. The topological polar surface area (TPSA) is 0 Å². The quantitative estimate of drug-likeness (QED) is 0.490. The largest absolute Gasteiger partial charge is 0.0955 e. The summed E-state index contributed by atoms with van der Waals surface area (Å²) in [4.78, 5) is 0. The Bertz CT molecular complexity index is 500. The molecule has 0 heterocycles. The number of hydrogen-bond acceptors (Lipinski definition) is 0. The van der Waals surface area contributed by atoms with Crippen molar-refractivity contribution < 1.29 is 0 Å². The Labute approximate surface area is 152 Å². The van der Waals surface area contributed by atoms with Crippen LogP contribution in [0.2, 0.25) is 0 Å². The molecule has 0 bridgehead atoms. The Hall–Kier alpha value is -1.56. The normalized spacial score (nSPS) is 9.04. The van der Waals surface area contributed by atoms with Gasteiger partial charge >= 0.3 is 0 Å². The number of hydrogen-bond donors (Lipinski definition) is 0. The number of allylic oxidation sites excluding steroid dienone is 4. The van der Waals surface area contributed by atoms with E-state index < -0.39 is 0 Å². The molecule has 0 aliphatic rings. The van der Waals surface area contributed by atoms with E-state index in [9.17, 15) is 0 Å². The van der Waals surface area contributed by atoms with Gasteiger partial charge in [0.25, 0.3) is 0 Å². The van der Waals surface area contributed by atoms with Gasteiger partial charge in [-0.1, -0.05) is 81.7 Å². The van der Waals surface area contributed by atoms with Crippen LogP contribution in [0.15, 0.2) is 48.1 Å². The molecule has 0 aliphatic carbocycles. The Morgan fingerprint density at radius 1 is 0.875 bits per heavy atom. The van der Waals surface area contributed by atoms with Crippen LogP contribution in [0.25, 0.3) is 0 Å². The van der Waals surface area contributed by atoms with Crippen molar-refractivity contribution >= 4 is 0 Å². The van der Waals surface area contributed by atoms with Crippen LogP contribution < -0.4 is 0 Å². The van der Waals surface area contributed by atoms with E-state index in [0.29, 0.717) is 0 Å². The number of aryl methyl sites for hydroxylation is 3. The van der Waals surface area contributed by atoms with Gasteiger partial charge in [0.1, 0.15) is 0 Å². The summed E-state index contributed by atoms with van der Waals surface area (Å²) in [6.45, 7) is 26.7. The van der Waals surface area contributed by atoms with Gasteiger partial charge in [-0.3, -0.25) is 0 Å². The summed E-state index contributed by atoms with van der Waals surface area (Å²) in [5.74, 6) is 0. The zero-order valence-corrected chi connectivity index (χ0v) is 17.8. The molecule has 0 atom stereocenters. The summed E-state index contributed by atoms with van der Waals surface area (Å²) in [6, 6.07) is 4.51. The minimum Gasteiger partial charge on any atom is -0.0955 e. The molecule has 0 spiro atoms. The first-order valence-corrected chi connectivity index (χ1v) is 9.20. The molecule has 0 saturated heterocycles. The molecule has 0 aromatic heterocycles. The Balaban J connectivity index is 0. The van der Waals surface area contributed by atoms with E-state index in [4.69, 9.17) is 0 Å². The molecule has 24 heavy (non-hydrogen) atoms. The first kappa shape index (κ1) is 24.7. The Morgan fingerprint density at radius 3 is 1.42 bits per heavy atom. The molecule has 0 fully saturated rings. The molecule has 1 aromatic carbocycles. The standard InChI is InChI=1S/C11H16.C9H14.C4H10/c1-5-11-9(3)6-8(2)7-10(11)4;1-6-9(7(2)3)8(4)5;1-3-4-2/h6-7H,5H2,1-4H3;6H,2,4H2,1,3,5H3;3-4H2,1-2H3. The van der Waals surface area contributed by atoms with E-state index in [1.165, 1.54) is 40.7 Å². The van der Waals surface area contributed by atoms with E-state index in [1.54, 1.807) is 0 Å². The van der Waals surface area contributed by atoms with Crippen molar-refractivity contribution in [3.63, 3.8) is 0 Å². The fraction of sp³-hybridized carbons (Fsp3) is 0.500. The summed E-state index contributed by atoms with van der Waals surface area (Å²) >= 11 is 0. The van der Waals surface area contributed by atoms with Crippen LogP contribution in [0, 0.1) is 20.8 Å². The van der Waals surface area contributed by atoms with Gasteiger partial charge in [-0.05, 0) is 70.2 Å². The molecule has 0 amide bonds. The van der Waals surface area contributed by atoms with Gasteiger partial charge in [0.05, 0.1) is 0 Å². The van der Waals surface area contributed by atoms with Crippen LogP contribution >= 0.6 is 0 Å². The molecule has 0 N–H and O–H groups in total. The fourth-order valence-corrected chi connectivity index (χ4v) is 2.62. The lowest BCUT2D eigenvalue weighted by molar-refractivity contribution is 0.886. The minimum atomic E-state index is 1.09. The first-order chi connectivity index (χ1) is 11.2. The molecule has 0 radical (unpaired) electrons. The maximum atomic E-state index is 3.82. The lowest BCUT2D eigenvalue weighted by Crippen LogP contribution is -1.92. The fourth-order valence-electron chi connectivity index (χ4n) is 2.62. The van der Waals surface area contributed by atoms with Gasteiger partial charge in [-0.25, -0.2) is 0 Å². The van der Waals surface area contributed by atoms with E-state index in [2.05, 4.69) is 66.8 Å². The second-order valence-electron chi connectivity index (χ2n) is 6.49. The van der Waals surface area contributed by atoms with Crippen molar-refractivity contribution in [1.29, 1.82) is 0 Å². The maximum Gasteiger partial charge on any atom is -0.0253 e. The summed E-state index contributed by atoms with van der Waals surface area (Å²) in [5.41, 5.74) is 9.10. The summed E-state index contributed by atoms with van der Waals surface area (Å²) in [7, 11) is 0. The number of rotatable bonds is 4. The Kier molecular flexibility index (Phi) is 14.2. The van der Waals surface area contributed by atoms with Gasteiger partial charge in [0, 0.05) is 0 Å². The van der Waals surface area contributed by atoms with Crippen molar-refractivity contribution in [2.75, 3.05) is 0 Å². The van der Waals surface area contributed by atoms with Crippen LogP contribution in [0.3, 0.4) is 0 Å². The highest BCUT2D eigenvalue weighted by Crippen LogP contribution is 2.16. The second-order valence-corrected chi connectivity index (χ2v) is 6.49. The van der Waals surface area contributed by atoms with Gasteiger partial charge in [-0.15, -0.1) is 0 Å². The van der Waals surface area contributed by atoms with Crippen LogP contribution in [0.4, 0.5) is 0 Å². The average Bonchev–Trinajstić information content (AvgIpc) is 2.47. The highest BCUT2D eigenvalue weighted by atomic mass is 14.0.